The summed E-state index contributed by atoms with van der Waals surface area (Å²) >= 11 is 0. The zero-order valence-electron chi connectivity index (χ0n) is 8.42. The van der Waals surface area contributed by atoms with Crippen molar-refractivity contribution in [1.29, 1.82) is 0 Å². The van der Waals surface area contributed by atoms with E-state index in [0.29, 0.717) is 5.92 Å². The molecule has 1 saturated carbocycles. The smallest absolute Gasteiger partial charge is 0.159 e. The lowest BCUT2D eigenvalue weighted by molar-refractivity contribution is 0.177. The molecular weight excluding hydrogens is 198 g/mol. The minimum atomic E-state index is -0.801. The van der Waals surface area contributed by atoms with E-state index in [1.807, 2.05) is 0 Å². The summed E-state index contributed by atoms with van der Waals surface area (Å²) in [7, 11) is 0. The molecule has 1 aromatic carbocycles. The van der Waals surface area contributed by atoms with Crippen LogP contribution in [-0.2, 0) is 6.42 Å². The largest absolute Gasteiger partial charge is 0.393 e. The first-order valence-corrected chi connectivity index (χ1v) is 5.27. The Morgan fingerprint density at radius 1 is 1.20 bits per heavy atom. The highest BCUT2D eigenvalue weighted by Gasteiger charge is 2.22. The Bertz CT molecular complexity index is 351. The molecule has 1 nitrogen and oxygen atoms in total. The highest BCUT2D eigenvalue weighted by Crippen LogP contribution is 2.28. The van der Waals surface area contributed by atoms with Crippen molar-refractivity contribution in [3.05, 3.63) is 35.4 Å². The second-order valence-corrected chi connectivity index (χ2v) is 4.29. The van der Waals surface area contributed by atoms with Gasteiger partial charge in [-0.05, 0) is 49.3 Å². The van der Waals surface area contributed by atoms with Crippen molar-refractivity contribution in [3.8, 4) is 0 Å². The van der Waals surface area contributed by atoms with Crippen molar-refractivity contribution in [3.63, 3.8) is 0 Å². The number of halogens is 2. The second-order valence-electron chi connectivity index (χ2n) is 4.29. The highest BCUT2D eigenvalue weighted by molar-refractivity contribution is 5.18. The van der Waals surface area contributed by atoms with E-state index in [1.165, 1.54) is 6.07 Å². The third kappa shape index (κ3) is 2.53. The first-order chi connectivity index (χ1) is 7.15. The van der Waals surface area contributed by atoms with Crippen LogP contribution in [0.4, 0.5) is 8.78 Å². The molecule has 0 bridgehead atoms. The lowest BCUT2D eigenvalue weighted by Gasteiger charge is -2.09. The molecule has 1 aliphatic carbocycles. The lowest BCUT2D eigenvalue weighted by atomic mass is 9.98. The molecule has 0 radical (unpaired) electrons. The van der Waals surface area contributed by atoms with E-state index in [-0.39, 0.29) is 6.10 Å². The van der Waals surface area contributed by atoms with Gasteiger partial charge in [0, 0.05) is 0 Å². The Morgan fingerprint density at radius 3 is 2.60 bits per heavy atom. The summed E-state index contributed by atoms with van der Waals surface area (Å²) in [6.07, 6.45) is 3.10. The fraction of sp³-hybridized carbons (Fsp3) is 0.500. The molecule has 2 rings (SSSR count). The van der Waals surface area contributed by atoms with Crippen molar-refractivity contribution in [2.45, 2.75) is 31.8 Å². The van der Waals surface area contributed by atoms with Crippen LogP contribution < -0.4 is 0 Å². The van der Waals surface area contributed by atoms with E-state index in [1.54, 1.807) is 6.07 Å². The van der Waals surface area contributed by atoms with Crippen LogP contribution in [0.3, 0.4) is 0 Å². The average Bonchev–Trinajstić information content (AvgIpc) is 2.58. The zero-order chi connectivity index (χ0) is 10.8. The Labute approximate surface area is 87.7 Å². The molecule has 1 fully saturated rings. The molecule has 1 N–H and O–H groups in total. The summed E-state index contributed by atoms with van der Waals surface area (Å²) in [5.74, 6) is -1.18. The first kappa shape index (κ1) is 10.6. The van der Waals surface area contributed by atoms with Crippen molar-refractivity contribution in [2.24, 2.45) is 5.92 Å². The maximum Gasteiger partial charge on any atom is 0.159 e. The van der Waals surface area contributed by atoms with Gasteiger partial charge in [-0.25, -0.2) is 8.78 Å². The second kappa shape index (κ2) is 4.27. The van der Waals surface area contributed by atoms with E-state index < -0.39 is 11.6 Å². The number of aliphatic hydroxyl groups excluding tert-OH is 1. The van der Waals surface area contributed by atoms with Crippen LogP contribution in [0.1, 0.15) is 24.8 Å². The van der Waals surface area contributed by atoms with Crippen LogP contribution in [0, 0.1) is 17.6 Å². The van der Waals surface area contributed by atoms with Gasteiger partial charge >= 0.3 is 0 Å². The molecule has 1 aromatic rings. The van der Waals surface area contributed by atoms with E-state index >= 15 is 0 Å². The third-order valence-corrected chi connectivity index (χ3v) is 3.02. The predicted octanol–water partition coefficient (Wildman–Crippen LogP) is 2.67. The molecule has 2 unspecified atom stereocenters. The van der Waals surface area contributed by atoms with Gasteiger partial charge in [0.2, 0.25) is 0 Å². The van der Waals surface area contributed by atoms with Gasteiger partial charge in [0.25, 0.3) is 0 Å². The predicted molar refractivity (Wildman–Crippen MR) is 53.4 cm³/mol. The monoisotopic (exact) mass is 212 g/mol. The minimum Gasteiger partial charge on any atom is -0.393 e. The molecule has 82 valence electrons. The fourth-order valence-corrected chi connectivity index (χ4v) is 2.23. The summed E-state index contributed by atoms with van der Waals surface area (Å²) < 4.78 is 25.6. The molecule has 0 aromatic heterocycles. The van der Waals surface area contributed by atoms with Gasteiger partial charge in [-0.1, -0.05) is 6.07 Å². The number of aliphatic hydroxyl groups is 1. The maximum absolute atomic E-state index is 12.9. The molecule has 2 atom stereocenters. The van der Waals surface area contributed by atoms with Crippen LogP contribution in [0.25, 0.3) is 0 Å². The van der Waals surface area contributed by atoms with Gasteiger partial charge in [-0.15, -0.1) is 0 Å². The van der Waals surface area contributed by atoms with Gasteiger partial charge in [0.05, 0.1) is 6.10 Å². The zero-order valence-corrected chi connectivity index (χ0v) is 8.42. The molecule has 0 heterocycles. The normalized spacial score (nSPS) is 25.8. The molecule has 1 aliphatic rings. The molecular formula is C12H14F2O. The van der Waals surface area contributed by atoms with Crippen LogP contribution in [0.5, 0.6) is 0 Å². The molecule has 0 saturated heterocycles. The first-order valence-electron chi connectivity index (χ1n) is 5.27. The molecule has 15 heavy (non-hydrogen) atoms. The maximum atomic E-state index is 12.9. The summed E-state index contributed by atoms with van der Waals surface area (Å²) in [4.78, 5) is 0. The standard InChI is InChI=1S/C12H14F2O/c13-11-4-2-9(7-12(11)14)5-8-1-3-10(15)6-8/h2,4,7-8,10,15H,1,3,5-6H2. The van der Waals surface area contributed by atoms with E-state index in [4.69, 9.17) is 0 Å². The number of rotatable bonds is 2. The molecule has 0 spiro atoms. The number of hydrogen-bond acceptors (Lipinski definition) is 1. The SMILES string of the molecule is OC1CCC(Cc2ccc(F)c(F)c2)C1. The van der Waals surface area contributed by atoms with Gasteiger partial charge in [-0.2, -0.15) is 0 Å². The van der Waals surface area contributed by atoms with E-state index in [2.05, 4.69) is 0 Å². The van der Waals surface area contributed by atoms with Crippen molar-refractivity contribution < 1.29 is 13.9 Å². The highest BCUT2D eigenvalue weighted by atomic mass is 19.2. The molecule has 3 heteroatoms. The summed E-state index contributed by atoms with van der Waals surface area (Å²) in [6, 6.07) is 4.03. The van der Waals surface area contributed by atoms with E-state index in [0.717, 1.165) is 37.3 Å². The third-order valence-electron chi connectivity index (χ3n) is 3.02. The average molecular weight is 212 g/mol. The van der Waals surface area contributed by atoms with Gasteiger partial charge in [-0.3, -0.25) is 0 Å². The van der Waals surface area contributed by atoms with Crippen molar-refractivity contribution in [2.75, 3.05) is 0 Å². The fourth-order valence-electron chi connectivity index (χ4n) is 2.23. The van der Waals surface area contributed by atoms with E-state index in [9.17, 15) is 13.9 Å². The van der Waals surface area contributed by atoms with Crippen molar-refractivity contribution in [1.82, 2.24) is 0 Å². The number of benzene rings is 1. The lowest BCUT2D eigenvalue weighted by Crippen LogP contribution is -2.03. The molecule has 0 amide bonds. The van der Waals surface area contributed by atoms with Crippen LogP contribution in [-0.4, -0.2) is 11.2 Å². The minimum absolute atomic E-state index is 0.208. The quantitative estimate of drug-likeness (QED) is 0.799. The van der Waals surface area contributed by atoms with Gasteiger partial charge < -0.3 is 5.11 Å². The van der Waals surface area contributed by atoms with Crippen LogP contribution in [0.2, 0.25) is 0 Å². The van der Waals surface area contributed by atoms with Crippen LogP contribution >= 0.6 is 0 Å². The topological polar surface area (TPSA) is 20.2 Å². The van der Waals surface area contributed by atoms with Gasteiger partial charge in [0.15, 0.2) is 11.6 Å². The summed E-state index contributed by atoms with van der Waals surface area (Å²) in [5, 5.41) is 9.34. The van der Waals surface area contributed by atoms with Crippen molar-refractivity contribution >= 4 is 0 Å². The molecule has 0 aliphatic heterocycles. The Kier molecular flexibility index (Phi) is 3.00. The Morgan fingerprint density at radius 2 is 2.00 bits per heavy atom. The summed E-state index contributed by atoms with van der Waals surface area (Å²) in [5.41, 5.74) is 0.813. The Balaban J connectivity index is 2.02. The Hall–Kier alpha value is -0.960. The summed E-state index contributed by atoms with van der Waals surface area (Å²) in [6.45, 7) is 0. The number of hydrogen-bond donors (Lipinski definition) is 1. The van der Waals surface area contributed by atoms with Gasteiger partial charge in [0.1, 0.15) is 0 Å². The van der Waals surface area contributed by atoms with Crippen LogP contribution in [0.15, 0.2) is 18.2 Å².